The van der Waals surface area contributed by atoms with Crippen molar-refractivity contribution in [3.8, 4) is 5.75 Å². The molecule has 1 unspecified atom stereocenters. The second kappa shape index (κ2) is 4.17. The summed E-state index contributed by atoms with van der Waals surface area (Å²) in [4.78, 5) is 23.6. The van der Waals surface area contributed by atoms with Crippen molar-refractivity contribution in [3.63, 3.8) is 0 Å². The van der Waals surface area contributed by atoms with Crippen LogP contribution in [0.5, 0.6) is 5.75 Å². The quantitative estimate of drug-likeness (QED) is 0.445. The van der Waals surface area contributed by atoms with Gasteiger partial charge in [-0.2, -0.15) is 0 Å². The van der Waals surface area contributed by atoms with E-state index in [1.54, 1.807) is 30.3 Å². The predicted molar refractivity (Wildman–Crippen MR) is 63.5 cm³/mol. The summed E-state index contributed by atoms with van der Waals surface area (Å²) in [7, 11) is 0. The van der Waals surface area contributed by atoms with Crippen LogP contribution in [0.25, 0.3) is 0 Å². The number of ether oxygens (including phenoxy) is 1. The van der Waals surface area contributed by atoms with Crippen molar-refractivity contribution in [3.05, 3.63) is 42.5 Å². The molecule has 0 bridgehead atoms. The van der Waals surface area contributed by atoms with E-state index in [-0.39, 0.29) is 5.78 Å². The standard InChI is InChI=1S/C14H14O3/c1-14(2)9-8-11(15)12(14)13(16)17-10-6-4-3-5-7-10/h3-9,12H,1-2H3. The maximum absolute atomic E-state index is 12.0. The van der Waals surface area contributed by atoms with Crippen molar-refractivity contribution >= 4 is 11.8 Å². The highest BCUT2D eigenvalue weighted by Crippen LogP contribution is 2.35. The Morgan fingerprint density at radius 1 is 1.24 bits per heavy atom. The summed E-state index contributed by atoms with van der Waals surface area (Å²) in [5.74, 6) is -0.942. The van der Waals surface area contributed by atoms with Crippen LogP contribution in [0.1, 0.15) is 13.8 Å². The summed E-state index contributed by atoms with van der Waals surface area (Å²) in [6.07, 6.45) is 3.21. The van der Waals surface area contributed by atoms with Crippen LogP contribution in [0.2, 0.25) is 0 Å². The fourth-order valence-electron chi connectivity index (χ4n) is 1.94. The van der Waals surface area contributed by atoms with Gasteiger partial charge < -0.3 is 4.74 Å². The number of para-hydroxylation sites is 1. The highest BCUT2D eigenvalue weighted by atomic mass is 16.5. The average Bonchev–Trinajstić information content (AvgIpc) is 2.54. The van der Waals surface area contributed by atoms with Gasteiger partial charge in [0.2, 0.25) is 0 Å². The average molecular weight is 230 g/mol. The first-order chi connectivity index (χ1) is 8.00. The molecule has 1 aliphatic carbocycles. The summed E-state index contributed by atoms with van der Waals surface area (Å²) in [5, 5.41) is 0. The zero-order valence-corrected chi connectivity index (χ0v) is 9.84. The van der Waals surface area contributed by atoms with Gasteiger partial charge in [-0.15, -0.1) is 0 Å². The van der Waals surface area contributed by atoms with Gasteiger partial charge in [0.15, 0.2) is 5.78 Å². The molecule has 2 rings (SSSR count). The minimum atomic E-state index is -0.734. The van der Waals surface area contributed by atoms with Crippen LogP contribution >= 0.6 is 0 Å². The zero-order valence-electron chi connectivity index (χ0n) is 9.84. The maximum Gasteiger partial charge on any atom is 0.323 e. The smallest absolute Gasteiger partial charge is 0.323 e. The molecule has 0 radical (unpaired) electrons. The van der Waals surface area contributed by atoms with Crippen molar-refractivity contribution in [1.29, 1.82) is 0 Å². The SMILES string of the molecule is CC1(C)C=CC(=O)C1C(=O)Oc1ccccc1. The summed E-state index contributed by atoms with van der Waals surface area (Å²) < 4.78 is 5.20. The Bertz CT molecular complexity index is 472. The Hall–Kier alpha value is -1.90. The maximum atomic E-state index is 12.0. The zero-order chi connectivity index (χ0) is 12.5. The van der Waals surface area contributed by atoms with Crippen molar-refractivity contribution in [2.45, 2.75) is 13.8 Å². The number of allylic oxidation sites excluding steroid dienone is 2. The van der Waals surface area contributed by atoms with E-state index in [9.17, 15) is 9.59 Å². The number of carbonyl (C=O) groups is 2. The van der Waals surface area contributed by atoms with E-state index in [0.717, 1.165) is 0 Å². The second-order valence-corrected chi connectivity index (χ2v) is 4.72. The molecule has 0 aromatic heterocycles. The van der Waals surface area contributed by atoms with Gasteiger partial charge in [0.25, 0.3) is 0 Å². The molecule has 88 valence electrons. The highest BCUT2D eigenvalue weighted by molar-refractivity contribution is 6.08. The first kappa shape index (κ1) is 11.6. The molecule has 1 atom stereocenters. The van der Waals surface area contributed by atoms with E-state index < -0.39 is 17.3 Å². The van der Waals surface area contributed by atoms with E-state index in [2.05, 4.69) is 0 Å². The molecule has 0 saturated carbocycles. The number of rotatable bonds is 2. The minimum absolute atomic E-state index is 0.184. The first-order valence-corrected chi connectivity index (χ1v) is 5.50. The third-order valence-electron chi connectivity index (χ3n) is 2.90. The van der Waals surface area contributed by atoms with Crippen LogP contribution in [0.3, 0.4) is 0 Å². The predicted octanol–water partition coefficient (Wildman–Crippen LogP) is 2.37. The van der Waals surface area contributed by atoms with E-state index >= 15 is 0 Å². The first-order valence-electron chi connectivity index (χ1n) is 5.50. The van der Waals surface area contributed by atoms with Crippen molar-refractivity contribution in [2.24, 2.45) is 11.3 Å². The molecule has 1 aliphatic rings. The molecule has 17 heavy (non-hydrogen) atoms. The monoisotopic (exact) mass is 230 g/mol. The van der Waals surface area contributed by atoms with Gasteiger partial charge in [-0.3, -0.25) is 9.59 Å². The molecule has 0 spiro atoms. The van der Waals surface area contributed by atoms with E-state index in [1.807, 2.05) is 19.9 Å². The molecule has 0 saturated heterocycles. The third kappa shape index (κ3) is 2.28. The lowest BCUT2D eigenvalue weighted by atomic mass is 9.82. The lowest BCUT2D eigenvalue weighted by molar-refractivity contribution is -0.145. The summed E-state index contributed by atoms with van der Waals surface area (Å²) in [5.41, 5.74) is -0.469. The highest BCUT2D eigenvalue weighted by Gasteiger charge is 2.43. The van der Waals surface area contributed by atoms with Crippen LogP contribution in [0, 0.1) is 11.3 Å². The van der Waals surface area contributed by atoms with Crippen LogP contribution in [0.15, 0.2) is 42.5 Å². The van der Waals surface area contributed by atoms with Gasteiger partial charge in [0.1, 0.15) is 11.7 Å². The Labute approximate surface area is 100 Å². The fraction of sp³-hybridized carbons (Fsp3) is 0.286. The van der Waals surface area contributed by atoms with Crippen molar-refractivity contribution in [2.75, 3.05) is 0 Å². The molecule has 0 fully saturated rings. The molecule has 0 aliphatic heterocycles. The van der Waals surface area contributed by atoms with Crippen LogP contribution in [-0.4, -0.2) is 11.8 Å². The van der Waals surface area contributed by atoms with Gasteiger partial charge in [-0.25, -0.2) is 0 Å². The number of hydrogen-bond donors (Lipinski definition) is 0. The number of ketones is 1. The fourth-order valence-corrected chi connectivity index (χ4v) is 1.94. The van der Waals surface area contributed by atoms with Crippen molar-refractivity contribution in [1.82, 2.24) is 0 Å². The minimum Gasteiger partial charge on any atom is -0.426 e. The number of hydrogen-bond acceptors (Lipinski definition) is 3. The molecule has 1 aromatic carbocycles. The molecule has 0 amide bonds. The molecule has 0 heterocycles. The van der Waals surface area contributed by atoms with Gasteiger partial charge >= 0.3 is 5.97 Å². The van der Waals surface area contributed by atoms with Gasteiger partial charge in [-0.1, -0.05) is 38.1 Å². The van der Waals surface area contributed by atoms with Crippen molar-refractivity contribution < 1.29 is 14.3 Å². The normalized spacial score (nSPS) is 21.5. The molecule has 0 N–H and O–H groups in total. The van der Waals surface area contributed by atoms with E-state index in [4.69, 9.17) is 4.74 Å². The molecular weight excluding hydrogens is 216 g/mol. The summed E-state index contributed by atoms with van der Waals surface area (Å²) in [6.45, 7) is 3.70. The molecule has 1 aromatic rings. The second-order valence-electron chi connectivity index (χ2n) is 4.72. The lowest BCUT2D eigenvalue weighted by Gasteiger charge is -2.22. The number of esters is 1. The third-order valence-corrected chi connectivity index (χ3v) is 2.90. The number of benzene rings is 1. The Kier molecular flexibility index (Phi) is 2.84. The van der Waals surface area contributed by atoms with Crippen LogP contribution in [-0.2, 0) is 9.59 Å². The van der Waals surface area contributed by atoms with Gasteiger partial charge in [-0.05, 0) is 18.2 Å². The molecular formula is C14H14O3. The Balaban J connectivity index is 2.14. The van der Waals surface area contributed by atoms with Gasteiger partial charge in [0, 0.05) is 5.41 Å². The van der Waals surface area contributed by atoms with E-state index in [1.165, 1.54) is 6.08 Å². The van der Waals surface area contributed by atoms with Crippen LogP contribution in [0.4, 0.5) is 0 Å². The largest absolute Gasteiger partial charge is 0.426 e. The molecule has 3 nitrogen and oxygen atoms in total. The topological polar surface area (TPSA) is 43.4 Å². The molecule has 3 heteroatoms. The van der Waals surface area contributed by atoms with E-state index in [0.29, 0.717) is 5.75 Å². The van der Waals surface area contributed by atoms with Gasteiger partial charge in [0.05, 0.1) is 0 Å². The summed E-state index contributed by atoms with van der Waals surface area (Å²) >= 11 is 0. The van der Waals surface area contributed by atoms with Crippen LogP contribution < -0.4 is 4.74 Å². The number of carbonyl (C=O) groups excluding carboxylic acids is 2. The lowest BCUT2D eigenvalue weighted by Crippen LogP contribution is -2.34. The Morgan fingerprint density at radius 2 is 1.88 bits per heavy atom. The summed E-state index contributed by atoms with van der Waals surface area (Å²) in [6, 6.07) is 8.78. The Morgan fingerprint density at radius 3 is 2.41 bits per heavy atom.